The molecule has 5 nitrogen and oxygen atoms in total. The van der Waals surface area contributed by atoms with E-state index in [1.165, 1.54) is 7.05 Å². The molecule has 20 heavy (non-hydrogen) atoms. The third kappa shape index (κ3) is 3.77. The summed E-state index contributed by atoms with van der Waals surface area (Å²) in [6.45, 7) is 4.15. The highest BCUT2D eigenvalue weighted by molar-refractivity contribution is 7.89. The molecule has 1 N–H and O–H groups in total. The van der Waals surface area contributed by atoms with E-state index < -0.39 is 32.3 Å². The van der Waals surface area contributed by atoms with Gasteiger partial charge in [0.25, 0.3) is 0 Å². The molecule has 0 aliphatic rings. The lowest BCUT2D eigenvalue weighted by Gasteiger charge is -2.19. The monoisotopic (exact) mass is 303 g/mol. The molecular weight excluding hydrogens is 285 g/mol. The lowest BCUT2D eigenvalue weighted by Crippen LogP contribution is -2.30. The molecule has 0 amide bonds. The van der Waals surface area contributed by atoms with E-state index in [2.05, 4.69) is 0 Å². The summed E-state index contributed by atoms with van der Waals surface area (Å²) in [4.78, 5) is 10.5. The summed E-state index contributed by atoms with van der Waals surface area (Å²) in [5, 5.41) is 9.01. The van der Waals surface area contributed by atoms with Crippen molar-refractivity contribution < 1.29 is 22.7 Å². The van der Waals surface area contributed by atoms with Gasteiger partial charge in [0, 0.05) is 13.6 Å². The molecule has 1 aromatic rings. The fourth-order valence-electron chi connectivity index (χ4n) is 1.61. The van der Waals surface area contributed by atoms with E-state index in [0.717, 1.165) is 22.5 Å². The van der Waals surface area contributed by atoms with Crippen molar-refractivity contribution >= 4 is 16.0 Å². The van der Waals surface area contributed by atoms with E-state index in [-0.39, 0.29) is 6.54 Å². The van der Waals surface area contributed by atoms with Gasteiger partial charge in [-0.1, -0.05) is 13.8 Å². The van der Waals surface area contributed by atoms with Crippen LogP contribution < -0.4 is 0 Å². The minimum atomic E-state index is -4.02. The Morgan fingerprint density at radius 1 is 1.40 bits per heavy atom. The second-order valence-corrected chi connectivity index (χ2v) is 6.97. The number of hydrogen-bond acceptors (Lipinski definition) is 3. The zero-order valence-electron chi connectivity index (χ0n) is 11.6. The second-order valence-electron chi connectivity index (χ2n) is 4.95. The third-order valence-corrected chi connectivity index (χ3v) is 4.78. The standard InChI is InChI=1S/C13H18FNO4S/c1-9(2)6-7-15(3)20(18,19)12-8-10(14)4-5-11(12)13(16)17/h4-5,8-9H,6-7H2,1-3H3,(H,16,17). The lowest BCUT2D eigenvalue weighted by molar-refractivity contribution is 0.0692. The first kappa shape index (κ1) is 16.6. The van der Waals surface area contributed by atoms with Crippen molar-refractivity contribution in [1.29, 1.82) is 0 Å². The topological polar surface area (TPSA) is 74.7 Å². The number of aromatic carboxylic acids is 1. The number of carboxylic acids is 1. The predicted molar refractivity (Wildman–Crippen MR) is 72.6 cm³/mol. The van der Waals surface area contributed by atoms with Gasteiger partial charge in [-0.2, -0.15) is 0 Å². The number of sulfonamides is 1. The van der Waals surface area contributed by atoms with Gasteiger partial charge in [-0.25, -0.2) is 21.9 Å². The Bertz CT molecular complexity index is 598. The first-order valence-corrected chi connectivity index (χ1v) is 7.59. The average Bonchev–Trinajstić information content (AvgIpc) is 2.35. The zero-order valence-corrected chi connectivity index (χ0v) is 12.4. The predicted octanol–water partition coefficient (Wildman–Crippen LogP) is 2.19. The van der Waals surface area contributed by atoms with E-state index in [9.17, 15) is 17.6 Å². The summed E-state index contributed by atoms with van der Waals surface area (Å²) < 4.78 is 38.9. The molecule has 1 rings (SSSR count). The molecule has 0 radical (unpaired) electrons. The quantitative estimate of drug-likeness (QED) is 0.874. The third-order valence-electron chi connectivity index (χ3n) is 2.88. The van der Waals surface area contributed by atoms with Crippen molar-refractivity contribution in [3.8, 4) is 0 Å². The number of rotatable bonds is 6. The van der Waals surface area contributed by atoms with Crippen LogP contribution in [0.5, 0.6) is 0 Å². The lowest BCUT2D eigenvalue weighted by atomic mass is 10.1. The molecule has 0 unspecified atom stereocenters. The van der Waals surface area contributed by atoms with Crippen LogP contribution in [0.1, 0.15) is 30.6 Å². The van der Waals surface area contributed by atoms with Gasteiger partial charge >= 0.3 is 5.97 Å². The number of halogens is 1. The first-order chi connectivity index (χ1) is 9.16. The maximum atomic E-state index is 13.2. The molecule has 0 aromatic heterocycles. The van der Waals surface area contributed by atoms with Crippen LogP contribution >= 0.6 is 0 Å². The summed E-state index contributed by atoms with van der Waals surface area (Å²) in [7, 11) is -2.66. The van der Waals surface area contributed by atoms with Crippen LogP contribution in [0.25, 0.3) is 0 Å². The van der Waals surface area contributed by atoms with Crippen LogP contribution in [-0.4, -0.2) is 37.4 Å². The molecular formula is C13H18FNO4S. The maximum absolute atomic E-state index is 13.2. The maximum Gasteiger partial charge on any atom is 0.337 e. The van der Waals surface area contributed by atoms with E-state index in [0.29, 0.717) is 12.3 Å². The van der Waals surface area contributed by atoms with Crippen molar-refractivity contribution in [3.05, 3.63) is 29.6 Å². The van der Waals surface area contributed by atoms with E-state index in [1.54, 1.807) is 0 Å². The van der Waals surface area contributed by atoms with Crippen LogP contribution in [-0.2, 0) is 10.0 Å². The summed E-state index contributed by atoms with van der Waals surface area (Å²) in [6, 6.07) is 2.63. The van der Waals surface area contributed by atoms with Crippen molar-refractivity contribution in [3.63, 3.8) is 0 Å². The zero-order chi connectivity index (χ0) is 15.5. The van der Waals surface area contributed by atoms with Crippen LogP contribution in [0.4, 0.5) is 4.39 Å². The highest BCUT2D eigenvalue weighted by atomic mass is 32.2. The van der Waals surface area contributed by atoms with Gasteiger partial charge in [0.05, 0.1) is 10.5 Å². The molecule has 0 fully saturated rings. The molecule has 0 saturated carbocycles. The van der Waals surface area contributed by atoms with Crippen LogP contribution in [0.2, 0.25) is 0 Å². The van der Waals surface area contributed by atoms with E-state index in [1.807, 2.05) is 13.8 Å². The summed E-state index contributed by atoms with van der Waals surface area (Å²) in [5.74, 6) is -1.88. The number of carbonyl (C=O) groups is 1. The smallest absolute Gasteiger partial charge is 0.337 e. The molecule has 0 saturated heterocycles. The van der Waals surface area contributed by atoms with Crippen LogP contribution in [0.15, 0.2) is 23.1 Å². The number of hydrogen-bond donors (Lipinski definition) is 1. The van der Waals surface area contributed by atoms with E-state index in [4.69, 9.17) is 5.11 Å². The van der Waals surface area contributed by atoms with E-state index >= 15 is 0 Å². The van der Waals surface area contributed by atoms with Gasteiger partial charge in [0.15, 0.2) is 0 Å². The summed E-state index contributed by atoms with van der Waals surface area (Å²) >= 11 is 0. The van der Waals surface area contributed by atoms with Gasteiger partial charge in [-0.3, -0.25) is 0 Å². The molecule has 0 heterocycles. The largest absolute Gasteiger partial charge is 0.478 e. The van der Waals surface area contributed by atoms with Crippen molar-refractivity contribution in [1.82, 2.24) is 4.31 Å². The highest BCUT2D eigenvalue weighted by Gasteiger charge is 2.27. The average molecular weight is 303 g/mol. The SMILES string of the molecule is CC(C)CCN(C)S(=O)(=O)c1cc(F)ccc1C(=O)O. The minimum absolute atomic E-state index is 0.246. The molecule has 0 atom stereocenters. The Labute approximate surface area is 118 Å². The van der Waals surface area contributed by atoms with Gasteiger partial charge in [0.1, 0.15) is 5.82 Å². The molecule has 0 aliphatic heterocycles. The fourth-order valence-corrected chi connectivity index (χ4v) is 2.99. The first-order valence-electron chi connectivity index (χ1n) is 6.15. The highest BCUT2D eigenvalue weighted by Crippen LogP contribution is 2.21. The Morgan fingerprint density at radius 2 is 2.00 bits per heavy atom. The molecule has 0 aliphatic carbocycles. The normalized spacial score (nSPS) is 12.1. The van der Waals surface area contributed by atoms with Crippen LogP contribution in [0.3, 0.4) is 0 Å². The summed E-state index contributed by atoms with van der Waals surface area (Å²) in [5.41, 5.74) is -0.428. The molecule has 0 bridgehead atoms. The molecule has 1 aromatic carbocycles. The minimum Gasteiger partial charge on any atom is -0.478 e. The van der Waals surface area contributed by atoms with Crippen molar-refractivity contribution in [2.24, 2.45) is 5.92 Å². The number of carboxylic acid groups (broad SMARTS) is 1. The summed E-state index contributed by atoms with van der Waals surface area (Å²) in [6.07, 6.45) is 0.632. The fraction of sp³-hybridized carbons (Fsp3) is 0.462. The number of benzene rings is 1. The second kappa shape index (κ2) is 6.32. The Morgan fingerprint density at radius 3 is 2.50 bits per heavy atom. The van der Waals surface area contributed by atoms with Gasteiger partial charge < -0.3 is 5.11 Å². The van der Waals surface area contributed by atoms with Gasteiger partial charge in [0.2, 0.25) is 10.0 Å². The molecule has 7 heteroatoms. The van der Waals surface area contributed by atoms with Crippen molar-refractivity contribution in [2.75, 3.05) is 13.6 Å². The van der Waals surface area contributed by atoms with Gasteiger partial charge in [-0.05, 0) is 30.5 Å². The Kier molecular flexibility index (Phi) is 5.24. The Hall–Kier alpha value is -1.47. The molecule has 0 spiro atoms. The molecule has 112 valence electrons. The van der Waals surface area contributed by atoms with Gasteiger partial charge in [-0.15, -0.1) is 0 Å². The van der Waals surface area contributed by atoms with Crippen LogP contribution in [0, 0.1) is 11.7 Å². The van der Waals surface area contributed by atoms with Crippen molar-refractivity contribution in [2.45, 2.75) is 25.2 Å². The Balaban J connectivity index is 3.21. The number of nitrogens with zero attached hydrogens (tertiary/aromatic N) is 1.